The highest BCUT2D eigenvalue weighted by atomic mass is 16.6. The van der Waals surface area contributed by atoms with Crippen molar-refractivity contribution in [1.29, 1.82) is 0 Å². The number of hydrogen-bond donors (Lipinski definition) is 3. The van der Waals surface area contributed by atoms with Crippen LogP contribution in [0.5, 0.6) is 0 Å². The van der Waals surface area contributed by atoms with Crippen LogP contribution < -0.4 is 5.32 Å². The van der Waals surface area contributed by atoms with Gasteiger partial charge in [-0.05, 0) is 46.5 Å². The zero-order valence-electron chi connectivity index (χ0n) is 11.9. The second-order valence-corrected chi connectivity index (χ2v) is 6.11. The molecule has 1 aliphatic rings. The van der Waals surface area contributed by atoms with E-state index in [9.17, 15) is 14.4 Å². The van der Waals surface area contributed by atoms with Gasteiger partial charge in [-0.25, -0.2) is 4.79 Å². The summed E-state index contributed by atoms with van der Waals surface area (Å²) < 4.78 is 5.10. The summed E-state index contributed by atoms with van der Waals surface area (Å²) in [6, 6.07) is -0.253. The number of ether oxygens (including phenoxy) is 1. The van der Waals surface area contributed by atoms with E-state index < -0.39 is 29.0 Å². The molecule has 0 heterocycles. The van der Waals surface area contributed by atoms with E-state index in [0.29, 0.717) is 12.8 Å². The molecule has 0 saturated heterocycles. The van der Waals surface area contributed by atoms with Gasteiger partial charge in [0.1, 0.15) is 5.60 Å². The Morgan fingerprint density at radius 2 is 1.55 bits per heavy atom. The zero-order valence-corrected chi connectivity index (χ0v) is 11.9. The summed E-state index contributed by atoms with van der Waals surface area (Å²) >= 11 is 0. The Bertz CT molecular complexity index is 388. The Morgan fingerprint density at radius 3 is 1.90 bits per heavy atom. The first-order chi connectivity index (χ1) is 9.07. The van der Waals surface area contributed by atoms with Gasteiger partial charge in [-0.1, -0.05) is 0 Å². The number of carboxylic acid groups (broad SMARTS) is 2. The summed E-state index contributed by atoms with van der Waals surface area (Å²) in [7, 11) is 0. The van der Waals surface area contributed by atoms with Gasteiger partial charge in [0.15, 0.2) is 5.41 Å². The van der Waals surface area contributed by atoms with Gasteiger partial charge in [0, 0.05) is 6.04 Å². The Morgan fingerprint density at radius 1 is 1.10 bits per heavy atom. The van der Waals surface area contributed by atoms with E-state index in [1.165, 1.54) is 0 Å². The first-order valence-electron chi connectivity index (χ1n) is 6.53. The lowest BCUT2D eigenvalue weighted by atomic mass is 9.72. The van der Waals surface area contributed by atoms with Crippen LogP contribution in [0.1, 0.15) is 46.5 Å². The molecule has 0 bridgehead atoms. The van der Waals surface area contributed by atoms with Crippen LogP contribution in [0, 0.1) is 5.41 Å². The van der Waals surface area contributed by atoms with Gasteiger partial charge < -0.3 is 20.3 Å². The molecule has 0 aromatic carbocycles. The van der Waals surface area contributed by atoms with Crippen LogP contribution in [0.2, 0.25) is 0 Å². The minimum absolute atomic E-state index is 0.00185. The monoisotopic (exact) mass is 287 g/mol. The SMILES string of the molecule is CC(C)(C)OC(=O)NC1CCC(C(=O)O)(C(=O)O)CC1. The van der Waals surface area contributed by atoms with E-state index in [-0.39, 0.29) is 18.9 Å². The van der Waals surface area contributed by atoms with Crippen molar-refractivity contribution >= 4 is 18.0 Å². The molecule has 0 aromatic rings. The fourth-order valence-corrected chi connectivity index (χ4v) is 2.25. The van der Waals surface area contributed by atoms with E-state index in [1.807, 2.05) is 0 Å². The summed E-state index contributed by atoms with van der Waals surface area (Å²) in [4.78, 5) is 33.9. The molecule has 0 unspecified atom stereocenters. The number of amides is 1. The number of alkyl carbamates (subject to hydrolysis) is 1. The standard InChI is InChI=1S/C13H21NO6/c1-12(2,3)20-11(19)14-8-4-6-13(7-5-8,9(15)16)10(17)18/h8H,4-7H2,1-3H3,(H,14,19)(H,15,16)(H,17,18). The molecule has 0 aliphatic heterocycles. The summed E-state index contributed by atoms with van der Waals surface area (Å²) in [6.07, 6.45) is 0.0343. The summed E-state index contributed by atoms with van der Waals surface area (Å²) in [5, 5.41) is 20.8. The molecule has 7 nitrogen and oxygen atoms in total. The number of aliphatic carboxylic acids is 2. The number of carboxylic acids is 2. The van der Waals surface area contributed by atoms with Crippen molar-refractivity contribution in [2.24, 2.45) is 5.41 Å². The molecule has 114 valence electrons. The molecule has 3 N–H and O–H groups in total. The zero-order chi connectivity index (χ0) is 15.6. The maximum absolute atomic E-state index is 11.6. The third-order valence-electron chi connectivity index (χ3n) is 3.38. The second kappa shape index (κ2) is 5.68. The van der Waals surface area contributed by atoms with E-state index in [1.54, 1.807) is 20.8 Å². The van der Waals surface area contributed by atoms with E-state index in [4.69, 9.17) is 14.9 Å². The molecule has 1 aliphatic carbocycles. The maximum Gasteiger partial charge on any atom is 0.407 e. The molecule has 0 aromatic heterocycles. The predicted octanol–water partition coefficient (Wildman–Crippen LogP) is 1.61. The Balaban J connectivity index is 2.56. The molecule has 20 heavy (non-hydrogen) atoms. The second-order valence-electron chi connectivity index (χ2n) is 6.11. The Hall–Kier alpha value is -1.79. The lowest BCUT2D eigenvalue weighted by Gasteiger charge is -2.34. The quantitative estimate of drug-likeness (QED) is 0.680. The Labute approximate surface area is 117 Å². The summed E-state index contributed by atoms with van der Waals surface area (Å²) in [5.41, 5.74) is -2.34. The van der Waals surface area contributed by atoms with Crippen LogP contribution in [-0.4, -0.2) is 39.9 Å². The number of rotatable bonds is 3. The van der Waals surface area contributed by atoms with Gasteiger partial charge in [-0.3, -0.25) is 9.59 Å². The van der Waals surface area contributed by atoms with E-state index >= 15 is 0 Å². The molecule has 0 atom stereocenters. The van der Waals surface area contributed by atoms with Crippen molar-refractivity contribution in [1.82, 2.24) is 5.32 Å². The highest BCUT2D eigenvalue weighted by Crippen LogP contribution is 2.37. The summed E-state index contributed by atoms with van der Waals surface area (Å²) in [6.45, 7) is 5.23. The van der Waals surface area contributed by atoms with Gasteiger partial charge in [0.05, 0.1) is 0 Å². The van der Waals surface area contributed by atoms with Crippen LogP contribution >= 0.6 is 0 Å². The number of carbonyl (C=O) groups is 3. The van der Waals surface area contributed by atoms with Crippen LogP contribution in [0.4, 0.5) is 4.79 Å². The fraction of sp³-hybridized carbons (Fsp3) is 0.769. The van der Waals surface area contributed by atoms with E-state index in [2.05, 4.69) is 5.32 Å². The third-order valence-corrected chi connectivity index (χ3v) is 3.38. The number of nitrogens with one attached hydrogen (secondary N) is 1. The number of carbonyl (C=O) groups excluding carboxylic acids is 1. The van der Waals surface area contributed by atoms with Crippen molar-refractivity contribution < 1.29 is 29.3 Å². The van der Waals surface area contributed by atoms with Gasteiger partial charge >= 0.3 is 18.0 Å². The molecule has 1 saturated carbocycles. The molecular formula is C13H21NO6. The van der Waals surface area contributed by atoms with Gasteiger partial charge in [0.25, 0.3) is 0 Å². The summed E-state index contributed by atoms with van der Waals surface area (Å²) in [5.74, 6) is -2.64. The highest BCUT2D eigenvalue weighted by Gasteiger charge is 2.49. The van der Waals surface area contributed by atoms with Crippen molar-refractivity contribution in [2.75, 3.05) is 0 Å². The van der Waals surface area contributed by atoms with Crippen molar-refractivity contribution in [3.63, 3.8) is 0 Å². The molecule has 1 fully saturated rings. The predicted molar refractivity (Wildman–Crippen MR) is 69.3 cm³/mol. The minimum atomic E-state index is -1.73. The molecule has 1 rings (SSSR count). The van der Waals surface area contributed by atoms with Gasteiger partial charge in [-0.2, -0.15) is 0 Å². The maximum atomic E-state index is 11.6. The van der Waals surface area contributed by atoms with E-state index in [0.717, 1.165) is 0 Å². The smallest absolute Gasteiger partial charge is 0.407 e. The first-order valence-corrected chi connectivity index (χ1v) is 6.53. The largest absolute Gasteiger partial charge is 0.480 e. The van der Waals surface area contributed by atoms with Crippen molar-refractivity contribution in [2.45, 2.75) is 58.1 Å². The van der Waals surface area contributed by atoms with Gasteiger partial charge in [0.2, 0.25) is 0 Å². The fourth-order valence-electron chi connectivity index (χ4n) is 2.25. The topological polar surface area (TPSA) is 113 Å². The number of hydrogen-bond acceptors (Lipinski definition) is 4. The van der Waals surface area contributed by atoms with Crippen molar-refractivity contribution in [3.05, 3.63) is 0 Å². The minimum Gasteiger partial charge on any atom is -0.480 e. The van der Waals surface area contributed by atoms with Crippen LogP contribution in [0.3, 0.4) is 0 Å². The molecule has 0 radical (unpaired) electrons. The molecule has 1 amide bonds. The highest BCUT2D eigenvalue weighted by molar-refractivity contribution is 5.98. The first kappa shape index (κ1) is 16.3. The van der Waals surface area contributed by atoms with Crippen molar-refractivity contribution in [3.8, 4) is 0 Å². The normalized spacial score (nSPS) is 19.1. The third kappa shape index (κ3) is 3.85. The van der Waals surface area contributed by atoms with Crippen LogP contribution in [-0.2, 0) is 14.3 Å². The molecular weight excluding hydrogens is 266 g/mol. The van der Waals surface area contributed by atoms with Crippen LogP contribution in [0.15, 0.2) is 0 Å². The van der Waals surface area contributed by atoms with Gasteiger partial charge in [-0.15, -0.1) is 0 Å². The molecule has 0 spiro atoms. The van der Waals surface area contributed by atoms with Crippen LogP contribution in [0.25, 0.3) is 0 Å². The lowest BCUT2D eigenvalue weighted by Crippen LogP contribution is -2.48. The average molecular weight is 287 g/mol. The Kier molecular flexibility index (Phi) is 4.62. The lowest BCUT2D eigenvalue weighted by molar-refractivity contribution is -0.167. The average Bonchev–Trinajstić information content (AvgIpc) is 2.26. The molecule has 7 heteroatoms.